The molecule has 0 atom stereocenters. The fourth-order valence-corrected chi connectivity index (χ4v) is 3.47. The van der Waals surface area contributed by atoms with Crippen molar-refractivity contribution in [3.05, 3.63) is 59.7 Å². The molecule has 2 heteroatoms. The molecule has 0 amide bonds. The third-order valence-electron chi connectivity index (χ3n) is 5.12. The molecule has 0 aromatic heterocycles. The van der Waals surface area contributed by atoms with Crippen LogP contribution in [0.3, 0.4) is 0 Å². The molecule has 162 valence electrons. The van der Waals surface area contributed by atoms with E-state index in [1.54, 1.807) is 0 Å². The summed E-state index contributed by atoms with van der Waals surface area (Å²) < 4.78 is 4.97. The minimum Gasteiger partial charge on any atom is -0.463 e. The molecule has 1 aliphatic rings. The van der Waals surface area contributed by atoms with Gasteiger partial charge in [0.05, 0.1) is 6.10 Å². The monoisotopic (exact) mass is 398 g/mol. The van der Waals surface area contributed by atoms with Crippen LogP contribution in [0.15, 0.2) is 48.6 Å². The van der Waals surface area contributed by atoms with Crippen molar-refractivity contribution in [2.45, 2.75) is 98.0 Å². The molecule has 0 heterocycles. The molecule has 29 heavy (non-hydrogen) atoms. The van der Waals surface area contributed by atoms with Gasteiger partial charge in [0.1, 0.15) is 0 Å². The van der Waals surface area contributed by atoms with E-state index in [9.17, 15) is 4.79 Å². The summed E-state index contributed by atoms with van der Waals surface area (Å²) in [5.74, 6) is 0.809. The lowest BCUT2D eigenvalue weighted by Crippen LogP contribution is -2.10. The van der Waals surface area contributed by atoms with Gasteiger partial charge in [0.15, 0.2) is 0 Å². The maximum atomic E-state index is 11.0. The minimum atomic E-state index is -0.0884. The molecule has 1 fully saturated rings. The van der Waals surface area contributed by atoms with E-state index in [-0.39, 0.29) is 12.1 Å². The second kappa shape index (κ2) is 16.0. The predicted molar refractivity (Wildman–Crippen MR) is 125 cm³/mol. The summed E-state index contributed by atoms with van der Waals surface area (Å²) in [6.45, 7) is 7.86. The standard InChI is InChI=1S/C17H24.C10H18O2/c1-15-11-13-17(14-12-15)8-4-2-3-7-16-9-5-6-10-16;1-4-5-6-7-8-10(11)12-9(2)3/h3,7,11-14,16H,2,4-6,8-10H2,1H3;4-5,9H,6-8H2,1-3H3/b7-3+;5-4-. The molecule has 0 saturated heterocycles. The zero-order chi connectivity index (χ0) is 21.3. The van der Waals surface area contributed by atoms with Crippen molar-refractivity contribution in [2.24, 2.45) is 5.92 Å². The molecule has 0 N–H and O–H groups in total. The molecule has 0 bridgehead atoms. The summed E-state index contributed by atoms with van der Waals surface area (Å²) >= 11 is 0. The third kappa shape index (κ3) is 13.9. The SMILES string of the molecule is C/C=C\CCCC(=O)OC(C)C.Cc1ccc(CCC/C=C/C2CCCC2)cc1. The van der Waals surface area contributed by atoms with Gasteiger partial charge in [0.25, 0.3) is 0 Å². The summed E-state index contributed by atoms with van der Waals surface area (Å²) in [6.07, 6.45) is 20.8. The van der Waals surface area contributed by atoms with E-state index in [0.717, 1.165) is 18.8 Å². The van der Waals surface area contributed by atoms with Crippen LogP contribution >= 0.6 is 0 Å². The van der Waals surface area contributed by atoms with Gasteiger partial charge in [0.2, 0.25) is 0 Å². The highest BCUT2D eigenvalue weighted by atomic mass is 16.5. The van der Waals surface area contributed by atoms with Crippen LogP contribution in [0.25, 0.3) is 0 Å². The second-order valence-electron chi connectivity index (χ2n) is 8.35. The number of hydrogen-bond acceptors (Lipinski definition) is 2. The molecule has 0 radical (unpaired) electrons. The number of unbranched alkanes of at least 4 members (excludes halogenated alkanes) is 2. The molecule has 1 aromatic carbocycles. The average Bonchev–Trinajstić information content (AvgIpc) is 3.20. The topological polar surface area (TPSA) is 26.3 Å². The van der Waals surface area contributed by atoms with Gasteiger partial charge >= 0.3 is 5.97 Å². The Balaban J connectivity index is 0.000000311. The van der Waals surface area contributed by atoms with Crippen molar-refractivity contribution in [3.8, 4) is 0 Å². The number of aryl methyl sites for hydroxylation is 2. The average molecular weight is 399 g/mol. The van der Waals surface area contributed by atoms with Crippen LogP contribution in [0.2, 0.25) is 0 Å². The highest BCUT2D eigenvalue weighted by Gasteiger charge is 2.10. The van der Waals surface area contributed by atoms with Crippen molar-refractivity contribution in [1.29, 1.82) is 0 Å². The smallest absolute Gasteiger partial charge is 0.306 e. The Kier molecular flexibility index (Phi) is 13.9. The Morgan fingerprint density at radius 1 is 1.07 bits per heavy atom. The van der Waals surface area contributed by atoms with Gasteiger partial charge in [-0.15, -0.1) is 0 Å². The predicted octanol–water partition coefficient (Wildman–Crippen LogP) is 7.75. The zero-order valence-corrected chi connectivity index (χ0v) is 19.2. The van der Waals surface area contributed by atoms with Gasteiger partial charge in [-0.25, -0.2) is 0 Å². The fraction of sp³-hybridized carbons (Fsp3) is 0.593. The fourth-order valence-electron chi connectivity index (χ4n) is 3.47. The lowest BCUT2D eigenvalue weighted by atomic mass is 10.0. The van der Waals surface area contributed by atoms with Gasteiger partial charge in [-0.1, -0.05) is 67.0 Å². The van der Waals surface area contributed by atoms with Crippen LogP contribution in [-0.4, -0.2) is 12.1 Å². The van der Waals surface area contributed by atoms with Crippen molar-refractivity contribution >= 4 is 5.97 Å². The van der Waals surface area contributed by atoms with Gasteiger partial charge in [-0.3, -0.25) is 4.79 Å². The van der Waals surface area contributed by atoms with Crippen LogP contribution in [0.4, 0.5) is 0 Å². The van der Waals surface area contributed by atoms with E-state index in [0.29, 0.717) is 6.42 Å². The first kappa shape index (κ1) is 25.2. The molecular weight excluding hydrogens is 356 g/mol. The van der Waals surface area contributed by atoms with Crippen LogP contribution in [0.5, 0.6) is 0 Å². The summed E-state index contributed by atoms with van der Waals surface area (Å²) in [5.41, 5.74) is 2.83. The Labute approximate surface area is 179 Å². The second-order valence-corrected chi connectivity index (χ2v) is 8.35. The van der Waals surface area contributed by atoms with E-state index in [4.69, 9.17) is 4.74 Å². The number of carbonyl (C=O) groups is 1. The number of rotatable bonds is 10. The molecule has 1 saturated carbocycles. The molecule has 0 aliphatic heterocycles. The maximum absolute atomic E-state index is 11.0. The van der Waals surface area contributed by atoms with Crippen molar-refractivity contribution in [2.75, 3.05) is 0 Å². The first-order valence-electron chi connectivity index (χ1n) is 11.5. The lowest BCUT2D eigenvalue weighted by Gasteiger charge is -2.06. The van der Waals surface area contributed by atoms with E-state index in [1.807, 2.05) is 26.8 Å². The molecule has 1 aliphatic carbocycles. The quantitative estimate of drug-likeness (QED) is 0.229. The highest BCUT2D eigenvalue weighted by molar-refractivity contribution is 5.69. The van der Waals surface area contributed by atoms with Crippen LogP contribution in [0.1, 0.15) is 89.7 Å². The number of allylic oxidation sites excluding steroid dienone is 4. The molecular formula is C27H42O2. The Bertz CT molecular complexity index is 589. The normalized spacial score (nSPS) is 14.5. The van der Waals surface area contributed by atoms with Gasteiger partial charge in [-0.05, 0) is 84.1 Å². The number of ether oxygens (including phenoxy) is 1. The summed E-state index contributed by atoms with van der Waals surface area (Å²) in [5, 5.41) is 0. The first-order chi connectivity index (χ1) is 14.0. The Morgan fingerprint density at radius 3 is 2.34 bits per heavy atom. The van der Waals surface area contributed by atoms with Gasteiger partial charge in [-0.2, -0.15) is 0 Å². The summed E-state index contributed by atoms with van der Waals surface area (Å²) in [7, 11) is 0. The van der Waals surface area contributed by atoms with Crippen LogP contribution in [-0.2, 0) is 16.0 Å². The lowest BCUT2D eigenvalue weighted by molar-refractivity contribution is -0.147. The molecule has 0 spiro atoms. The number of hydrogen-bond donors (Lipinski definition) is 0. The van der Waals surface area contributed by atoms with E-state index < -0.39 is 0 Å². The molecule has 1 aromatic rings. The third-order valence-corrected chi connectivity index (χ3v) is 5.12. The number of carbonyl (C=O) groups excluding carboxylic acids is 1. The van der Waals surface area contributed by atoms with Gasteiger partial charge < -0.3 is 4.74 Å². The molecule has 2 nitrogen and oxygen atoms in total. The highest BCUT2D eigenvalue weighted by Crippen LogP contribution is 2.25. The van der Waals surface area contributed by atoms with Gasteiger partial charge in [0, 0.05) is 6.42 Å². The zero-order valence-electron chi connectivity index (χ0n) is 19.2. The largest absolute Gasteiger partial charge is 0.463 e. The first-order valence-corrected chi connectivity index (χ1v) is 11.5. The van der Waals surface area contributed by atoms with E-state index in [2.05, 4.69) is 49.4 Å². The molecule has 2 rings (SSSR count). The number of benzene rings is 1. The Hall–Kier alpha value is -1.83. The minimum absolute atomic E-state index is 0.0132. The van der Waals surface area contributed by atoms with E-state index in [1.165, 1.54) is 56.1 Å². The number of esters is 1. The van der Waals surface area contributed by atoms with Crippen molar-refractivity contribution < 1.29 is 9.53 Å². The Morgan fingerprint density at radius 2 is 1.72 bits per heavy atom. The molecule has 0 unspecified atom stereocenters. The van der Waals surface area contributed by atoms with Crippen LogP contribution < -0.4 is 0 Å². The van der Waals surface area contributed by atoms with Crippen LogP contribution in [0, 0.1) is 12.8 Å². The van der Waals surface area contributed by atoms with Crippen molar-refractivity contribution in [3.63, 3.8) is 0 Å². The van der Waals surface area contributed by atoms with Crippen molar-refractivity contribution in [1.82, 2.24) is 0 Å². The summed E-state index contributed by atoms with van der Waals surface area (Å²) in [6, 6.07) is 8.94. The maximum Gasteiger partial charge on any atom is 0.306 e. The summed E-state index contributed by atoms with van der Waals surface area (Å²) in [4.78, 5) is 11.0. The van der Waals surface area contributed by atoms with E-state index >= 15 is 0 Å².